The van der Waals surface area contributed by atoms with Crippen molar-refractivity contribution in [1.82, 2.24) is 0 Å². The maximum Gasteiger partial charge on any atom is 0.310 e. The summed E-state index contributed by atoms with van der Waals surface area (Å²) < 4.78 is 8.04. The Morgan fingerprint density at radius 3 is 2.43 bits per heavy atom. The molecule has 0 aliphatic rings. The number of pyridine rings is 1. The number of thioether (sulfide) groups is 1. The van der Waals surface area contributed by atoms with E-state index in [1.165, 1.54) is 23.1 Å². The highest BCUT2D eigenvalue weighted by Crippen LogP contribution is 2.40. The molecule has 5 nitrogen and oxygen atoms in total. The molecule has 0 saturated heterocycles. The van der Waals surface area contributed by atoms with E-state index >= 15 is 0 Å². The lowest BCUT2D eigenvalue weighted by Crippen LogP contribution is -3.00. The number of hydrogen-bond donors (Lipinski definition) is 0. The first-order valence-electron chi connectivity index (χ1n) is 11.2. The highest BCUT2D eigenvalue weighted by Gasteiger charge is 2.31. The fourth-order valence-corrected chi connectivity index (χ4v) is 6.38. The first-order valence-corrected chi connectivity index (χ1v) is 13.4. The fourth-order valence-electron chi connectivity index (χ4n) is 3.67. The Kier molecular flexibility index (Phi) is 10.5. The third-order valence-corrected chi connectivity index (χ3v) is 8.14. The second-order valence-electron chi connectivity index (χ2n) is 7.70. The predicted molar refractivity (Wildman–Crippen MR) is 142 cm³/mol. The van der Waals surface area contributed by atoms with Gasteiger partial charge in [-0.1, -0.05) is 35.9 Å². The molecule has 2 heterocycles. The number of ether oxygens (including phenoxy) is 1. The molecule has 0 atom stereocenters. The molecule has 188 valence electrons. The second kappa shape index (κ2) is 13.5. The average Bonchev–Trinajstić information content (AvgIpc) is 3.26. The largest absolute Gasteiger partial charge is 1.00 e. The molecule has 0 fully saturated rings. The Bertz CT molecular complexity index is 1430. The topological polar surface area (TPSA) is 71.0 Å². The van der Waals surface area contributed by atoms with Crippen LogP contribution in [0.1, 0.15) is 38.8 Å². The second-order valence-corrected chi connectivity index (χ2v) is 10.4. The normalized spacial score (nSPS) is 10.3. The van der Waals surface area contributed by atoms with Crippen LogP contribution in [0.2, 0.25) is 5.02 Å². The molecule has 0 spiro atoms. The zero-order valence-corrected chi connectivity index (χ0v) is 23.8. The van der Waals surface area contributed by atoms with Crippen LogP contribution in [0.4, 0.5) is 0 Å². The summed E-state index contributed by atoms with van der Waals surface area (Å²) in [7, 11) is 0. The monoisotopic (exact) mass is 612 g/mol. The number of nitriles is 1. The lowest BCUT2D eigenvalue weighted by Gasteiger charge is -2.06. The highest BCUT2D eigenvalue weighted by atomic mass is 79.9. The molecule has 4 aromatic rings. The Labute approximate surface area is 239 Å². The van der Waals surface area contributed by atoms with E-state index in [0.717, 1.165) is 15.5 Å². The van der Waals surface area contributed by atoms with Crippen LogP contribution in [-0.4, -0.2) is 18.4 Å². The molecule has 0 amide bonds. The van der Waals surface area contributed by atoms with Gasteiger partial charge in [-0.3, -0.25) is 9.59 Å². The van der Waals surface area contributed by atoms with Gasteiger partial charge in [0.15, 0.2) is 12.4 Å². The summed E-state index contributed by atoms with van der Waals surface area (Å²) >= 11 is 8.92. The van der Waals surface area contributed by atoms with Gasteiger partial charge in [0.25, 0.3) is 0 Å². The number of rotatable bonds is 9. The average molecular weight is 614 g/mol. The SMILES string of the molecule is CCOC(=O)Cc1c(C(=O)c2ccc(Cl)cc2)sc(SCc2ccccc2C#N)c1-[n+]1ccccc1.[Br-]. The molecule has 0 aliphatic carbocycles. The summed E-state index contributed by atoms with van der Waals surface area (Å²) in [5.74, 6) is -0.0411. The lowest BCUT2D eigenvalue weighted by molar-refractivity contribution is -0.598. The van der Waals surface area contributed by atoms with Gasteiger partial charge in [-0.25, -0.2) is 0 Å². The van der Waals surface area contributed by atoms with E-state index in [4.69, 9.17) is 16.3 Å². The van der Waals surface area contributed by atoms with E-state index < -0.39 is 5.97 Å². The molecular weight excluding hydrogens is 592 g/mol. The third-order valence-electron chi connectivity index (χ3n) is 5.36. The van der Waals surface area contributed by atoms with Crippen LogP contribution in [0, 0.1) is 11.3 Å². The zero-order valence-electron chi connectivity index (χ0n) is 19.8. The van der Waals surface area contributed by atoms with Gasteiger partial charge in [-0.15, -0.1) is 23.1 Å². The van der Waals surface area contributed by atoms with Crippen molar-refractivity contribution in [2.75, 3.05) is 6.61 Å². The van der Waals surface area contributed by atoms with Crippen molar-refractivity contribution in [3.63, 3.8) is 0 Å². The molecule has 0 unspecified atom stereocenters. The number of ketones is 1. The van der Waals surface area contributed by atoms with Gasteiger partial charge < -0.3 is 21.7 Å². The summed E-state index contributed by atoms with van der Waals surface area (Å²) in [5, 5.41) is 10.0. The number of halogens is 2. The number of esters is 1. The molecule has 9 heteroatoms. The van der Waals surface area contributed by atoms with E-state index in [1.807, 2.05) is 53.4 Å². The summed E-state index contributed by atoms with van der Waals surface area (Å²) in [6.45, 7) is 2.01. The van der Waals surface area contributed by atoms with Crippen molar-refractivity contribution in [1.29, 1.82) is 5.26 Å². The number of nitrogens with zero attached hydrogens (tertiary/aromatic N) is 2. The van der Waals surface area contributed by atoms with E-state index in [0.29, 0.717) is 32.3 Å². The Morgan fingerprint density at radius 2 is 1.76 bits per heavy atom. The van der Waals surface area contributed by atoms with Crippen LogP contribution in [-0.2, 0) is 21.7 Å². The Hall–Kier alpha value is -2.96. The van der Waals surface area contributed by atoms with Crippen molar-refractivity contribution in [2.24, 2.45) is 0 Å². The van der Waals surface area contributed by atoms with Gasteiger partial charge in [0, 0.05) is 28.5 Å². The van der Waals surface area contributed by atoms with E-state index in [9.17, 15) is 14.9 Å². The molecule has 2 aromatic carbocycles. The van der Waals surface area contributed by atoms with Crippen LogP contribution in [0.5, 0.6) is 0 Å². The minimum Gasteiger partial charge on any atom is -1.00 e. The zero-order chi connectivity index (χ0) is 25.5. The van der Waals surface area contributed by atoms with Crippen LogP contribution in [0.25, 0.3) is 5.69 Å². The molecule has 0 saturated carbocycles. The van der Waals surface area contributed by atoms with Gasteiger partial charge in [0.1, 0.15) is 4.21 Å². The molecule has 0 radical (unpaired) electrons. The molecular formula is C28H22BrClN2O3S2. The van der Waals surface area contributed by atoms with Crippen molar-refractivity contribution in [3.05, 3.63) is 111 Å². The van der Waals surface area contributed by atoms with Crippen LogP contribution in [0.3, 0.4) is 0 Å². The van der Waals surface area contributed by atoms with Crippen molar-refractivity contribution in [3.8, 4) is 11.8 Å². The number of hydrogen-bond acceptors (Lipinski definition) is 6. The number of aromatic nitrogens is 1. The smallest absolute Gasteiger partial charge is 0.310 e. The molecule has 0 bridgehead atoms. The van der Waals surface area contributed by atoms with Crippen molar-refractivity contribution >= 4 is 46.5 Å². The molecule has 0 aliphatic heterocycles. The van der Waals surface area contributed by atoms with E-state index in [-0.39, 0.29) is 35.8 Å². The maximum atomic E-state index is 13.6. The van der Waals surface area contributed by atoms with Gasteiger partial charge in [0.05, 0.1) is 35.1 Å². The van der Waals surface area contributed by atoms with Crippen molar-refractivity contribution < 1.29 is 35.9 Å². The van der Waals surface area contributed by atoms with Crippen LogP contribution < -0.4 is 21.5 Å². The highest BCUT2D eigenvalue weighted by molar-refractivity contribution is 8.00. The molecule has 0 N–H and O–H groups in total. The maximum absolute atomic E-state index is 13.6. The number of thiophene rings is 1. The minimum atomic E-state index is -0.399. The lowest BCUT2D eigenvalue weighted by atomic mass is 10.0. The van der Waals surface area contributed by atoms with E-state index in [2.05, 4.69) is 6.07 Å². The molecule has 37 heavy (non-hydrogen) atoms. The summed E-state index contributed by atoms with van der Waals surface area (Å²) in [4.78, 5) is 26.7. The number of carbonyl (C=O) groups excluding carboxylic acids is 2. The van der Waals surface area contributed by atoms with Gasteiger partial charge >= 0.3 is 5.97 Å². The first kappa shape index (κ1) is 28.6. The summed E-state index contributed by atoms with van der Waals surface area (Å²) in [6, 6.07) is 22.1. The summed E-state index contributed by atoms with van der Waals surface area (Å²) in [5.41, 5.74) is 3.39. The number of benzene rings is 2. The molecule has 4 rings (SSSR count). The fraction of sp³-hybridized carbons (Fsp3) is 0.143. The third kappa shape index (κ3) is 6.88. The van der Waals surface area contributed by atoms with E-state index in [1.54, 1.807) is 37.3 Å². The predicted octanol–water partition coefficient (Wildman–Crippen LogP) is 3.18. The summed E-state index contributed by atoms with van der Waals surface area (Å²) in [6.07, 6.45) is 3.74. The van der Waals surface area contributed by atoms with Crippen LogP contribution >= 0.6 is 34.7 Å². The Balaban J connectivity index is 0.00000380. The molecule has 2 aromatic heterocycles. The van der Waals surface area contributed by atoms with Crippen LogP contribution in [0.15, 0.2) is 83.3 Å². The Morgan fingerprint density at radius 1 is 1.05 bits per heavy atom. The van der Waals surface area contributed by atoms with Gasteiger partial charge in [-0.2, -0.15) is 9.83 Å². The van der Waals surface area contributed by atoms with Gasteiger partial charge in [-0.05, 0) is 42.8 Å². The minimum absolute atomic E-state index is 0. The quantitative estimate of drug-likeness (QED) is 0.126. The van der Waals surface area contributed by atoms with Gasteiger partial charge in [0.2, 0.25) is 11.5 Å². The standard InChI is InChI=1S/C28H22ClN2O3S2.BrH/c1-2-34-24(32)16-23-25(31-14-6-3-7-15-31)28(35-18-21-9-5-4-8-20(21)17-30)36-27(23)26(33)19-10-12-22(29)13-11-19;/h3-15H,2,16,18H2,1H3;1H/q+1;/p-1. The van der Waals surface area contributed by atoms with Crippen molar-refractivity contribution in [2.45, 2.75) is 23.3 Å². The number of carbonyl (C=O) groups is 2. The first-order chi connectivity index (χ1) is 17.5.